The zero-order valence-electron chi connectivity index (χ0n) is 5.29. The molecule has 0 saturated carbocycles. The average molecular weight is 122 g/mol. The Morgan fingerprint density at radius 1 is 1.56 bits per heavy atom. The predicted octanol–water partition coefficient (Wildman–Crippen LogP) is 1.27. The van der Waals surface area contributed by atoms with Crippen molar-refractivity contribution >= 4 is 0 Å². The predicted molar refractivity (Wildman–Crippen MR) is 35.2 cm³/mol. The number of ether oxygens (including phenoxy) is 1. The lowest BCUT2D eigenvalue weighted by Crippen LogP contribution is -1.85. The largest absolute Gasteiger partial charge is 0.482 e. The van der Waals surface area contributed by atoms with Gasteiger partial charge in [0.1, 0.15) is 0 Å². The second kappa shape index (κ2) is 2.40. The van der Waals surface area contributed by atoms with E-state index in [-0.39, 0.29) is 0 Å². The first-order chi connectivity index (χ1) is 4.33. The van der Waals surface area contributed by atoms with Crippen LogP contribution in [0.15, 0.2) is 18.3 Å². The molecule has 0 bridgehead atoms. The summed E-state index contributed by atoms with van der Waals surface area (Å²) in [5, 5.41) is 0. The second-order valence-corrected chi connectivity index (χ2v) is 1.71. The van der Waals surface area contributed by atoms with Gasteiger partial charge in [0.2, 0.25) is 0 Å². The summed E-state index contributed by atoms with van der Waals surface area (Å²) in [4.78, 5) is 3.91. The number of nitrogens with zero attached hydrogens (tertiary/aromatic N) is 1. The van der Waals surface area contributed by atoms with E-state index in [0.717, 1.165) is 5.56 Å². The van der Waals surface area contributed by atoms with Gasteiger partial charge in [0.25, 0.3) is 0 Å². The van der Waals surface area contributed by atoms with Crippen LogP contribution in [0.4, 0.5) is 0 Å². The smallest absolute Gasteiger partial charge is 0.187 e. The van der Waals surface area contributed by atoms with E-state index in [1.165, 1.54) is 0 Å². The second-order valence-electron chi connectivity index (χ2n) is 1.71. The molecule has 0 fully saturated rings. The van der Waals surface area contributed by atoms with Crippen LogP contribution in [0, 0.1) is 6.92 Å². The Morgan fingerprint density at radius 2 is 2.33 bits per heavy atom. The van der Waals surface area contributed by atoms with Gasteiger partial charge in [-0.2, -0.15) is 18.6 Å². The average Bonchev–Trinajstić information content (AvgIpc) is 1.90. The minimum Gasteiger partial charge on any atom is -0.482 e. The molecule has 1 rings (SSSR count). The maximum atomic E-state index is 4.83. The Hall–Kier alpha value is -1.18. The first-order valence-electron chi connectivity index (χ1n) is 2.65. The van der Waals surface area contributed by atoms with Crippen molar-refractivity contribution in [1.29, 1.82) is 0 Å². The Morgan fingerprint density at radius 3 is 2.78 bits per heavy atom. The zero-order chi connectivity index (χ0) is 6.69. The van der Waals surface area contributed by atoms with Gasteiger partial charge in [-0.3, -0.25) is 4.98 Å². The van der Waals surface area contributed by atoms with Crippen LogP contribution in [-0.2, 0) is 0 Å². The van der Waals surface area contributed by atoms with Gasteiger partial charge in [-0.05, 0) is 0 Å². The third-order valence-electron chi connectivity index (χ3n) is 1.01. The first-order valence-corrected chi connectivity index (χ1v) is 2.65. The summed E-state index contributed by atoms with van der Waals surface area (Å²) in [5.74, 6) is 0.627. The van der Waals surface area contributed by atoms with Gasteiger partial charge in [0.05, 0.1) is 7.11 Å². The lowest BCUT2D eigenvalue weighted by Gasteiger charge is -2.01. The maximum absolute atomic E-state index is 4.83. The molecule has 0 aliphatic carbocycles. The van der Waals surface area contributed by atoms with E-state index in [2.05, 4.69) is 11.9 Å². The minimum atomic E-state index is 0.627. The fraction of sp³-hybridized carbons (Fsp3) is 0.143. The molecule has 0 saturated heterocycles. The van der Waals surface area contributed by atoms with E-state index in [4.69, 9.17) is 4.74 Å². The molecule has 0 unspecified atom stereocenters. The van der Waals surface area contributed by atoms with Crippen LogP contribution in [0.2, 0.25) is 0 Å². The molecule has 1 aromatic rings. The number of aromatic nitrogens is 1. The normalized spacial score (nSPS) is 9.00. The van der Waals surface area contributed by atoms with Gasteiger partial charge in [-0.25, -0.2) is 0 Å². The van der Waals surface area contributed by atoms with E-state index >= 15 is 0 Å². The van der Waals surface area contributed by atoms with Gasteiger partial charge in [-0.15, -0.1) is 0 Å². The molecule has 0 amide bonds. The number of hydrogen-bond acceptors (Lipinski definition) is 2. The van der Waals surface area contributed by atoms with Gasteiger partial charge in [-0.1, -0.05) is 12.3 Å². The molecule has 0 atom stereocenters. The standard InChI is InChI=1S/C7H8NO/c1-6-3-4-7(9-2)8-5-6/h3-5H,1H2,2H3/q-1. The van der Waals surface area contributed by atoms with Crippen molar-refractivity contribution in [2.24, 2.45) is 0 Å². The van der Waals surface area contributed by atoms with Crippen molar-refractivity contribution in [1.82, 2.24) is 4.98 Å². The van der Waals surface area contributed by atoms with Crippen LogP contribution in [-0.4, -0.2) is 12.1 Å². The highest BCUT2D eigenvalue weighted by Crippen LogP contribution is 2.04. The van der Waals surface area contributed by atoms with Crippen LogP contribution in [0.1, 0.15) is 5.56 Å². The summed E-state index contributed by atoms with van der Waals surface area (Å²) in [6.45, 7) is 3.68. The molecule has 0 spiro atoms. The molecule has 0 N–H and O–H groups in total. The minimum absolute atomic E-state index is 0.627. The Bertz CT molecular complexity index is 181. The molecule has 0 aliphatic heterocycles. The van der Waals surface area contributed by atoms with Crippen molar-refractivity contribution in [3.8, 4) is 5.88 Å². The third kappa shape index (κ3) is 1.35. The van der Waals surface area contributed by atoms with Crippen LogP contribution in [0.5, 0.6) is 5.88 Å². The Kier molecular flexibility index (Phi) is 1.58. The van der Waals surface area contributed by atoms with Crippen LogP contribution in [0.3, 0.4) is 0 Å². The monoisotopic (exact) mass is 122 g/mol. The number of pyridine rings is 1. The lowest BCUT2D eigenvalue weighted by molar-refractivity contribution is 0.398. The van der Waals surface area contributed by atoms with Crippen LogP contribution in [0.25, 0.3) is 0 Å². The highest BCUT2D eigenvalue weighted by molar-refractivity contribution is 5.19. The van der Waals surface area contributed by atoms with Crippen molar-refractivity contribution < 1.29 is 4.74 Å². The van der Waals surface area contributed by atoms with Gasteiger partial charge in [0.15, 0.2) is 5.88 Å². The number of methoxy groups -OCH3 is 1. The third-order valence-corrected chi connectivity index (χ3v) is 1.01. The fourth-order valence-corrected chi connectivity index (χ4v) is 0.532. The summed E-state index contributed by atoms with van der Waals surface area (Å²) in [6, 6.07) is 3.63. The molecule has 2 nitrogen and oxygen atoms in total. The molecular weight excluding hydrogens is 114 g/mol. The molecular formula is C7H8NO-. The van der Waals surface area contributed by atoms with Gasteiger partial charge < -0.3 is 4.74 Å². The first kappa shape index (κ1) is 5.95. The Labute approximate surface area is 54.5 Å². The molecule has 2 heteroatoms. The summed E-state index contributed by atoms with van der Waals surface area (Å²) >= 11 is 0. The van der Waals surface area contributed by atoms with Crippen LogP contribution < -0.4 is 4.74 Å². The summed E-state index contributed by atoms with van der Waals surface area (Å²) in [6.07, 6.45) is 1.67. The summed E-state index contributed by atoms with van der Waals surface area (Å²) in [5.41, 5.74) is 0.899. The van der Waals surface area contributed by atoms with E-state index in [1.807, 2.05) is 6.07 Å². The van der Waals surface area contributed by atoms with E-state index in [9.17, 15) is 0 Å². The highest BCUT2D eigenvalue weighted by atomic mass is 16.5. The Balaban J connectivity index is 2.88. The number of rotatable bonds is 1. The van der Waals surface area contributed by atoms with E-state index < -0.39 is 0 Å². The van der Waals surface area contributed by atoms with E-state index in [1.54, 1.807) is 19.4 Å². The topological polar surface area (TPSA) is 22.1 Å². The molecule has 0 aliphatic rings. The molecule has 9 heavy (non-hydrogen) atoms. The fourth-order valence-electron chi connectivity index (χ4n) is 0.532. The highest BCUT2D eigenvalue weighted by Gasteiger charge is 1.80. The van der Waals surface area contributed by atoms with Crippen molar-refractivity contribution in [2.45, 2.75) is 0 Å². The molecule has 1 heterocycles. The lowest BCUT2D eigenvalue weighted by atomic mass is 10.3. The van der Waals surface area contributed by atoms with E-state index in [0.29, 0.717) is 5.88 Å². The molecule has 0 aromatic carbocycles. The van der Waals surface area contributed by atoms with Crippen LogP contribution >= 0.6 is 0 Å². The summed E-state index contributed by atoms with van der Waals surface area (Å²) < 4.78 is 4.83. The maximum Gasteiger partial charge on any atom is 0.187 e. The molecule has 0 radical (unpaired) electrons. The SMILES string of the molecule is [CH2-]c1ccc(OC)nc1. The zero-order valence-corrected chi connectivity index (χ0v) is 5.29. The quantitative estimate of drug-likeness (QED) is 0.523. The van der Waals surface area contributed by atoms with Crippen molar-refractivity contribution in [3.05, 3.63) is 30.8 Å². The summed E-state index contributed by atoms with van der Waals surface area (Å²) in [7, 11) is 1.59. The molecule has 1 aromatic heterocycles. The molecule has 48 valence electrons. The van der Waals surface area contributed by atoms with Crippen molar-refractivity contribution in [2.75, 3.05) is 7.11 Å². The number of hydrogen-bond donors (Lipinski definition) is 0. The van der Waals surface area contributed by atoms with Crippen molar-refractivity contribution in [3.63, 3.8) is 0 Å². The van der Waals surface area contributed by atoms with Gasteiger partial charge >= 0.3 is 0 Å². The van der Waals surface area contributed by atoms with Gasteiger partial charge in [0, 0.05) is 0 Å².